The molecule has 2 saturated carbocycles. The lowest BCUT2D eigenvalue weighted by atomic mass is 9.90. The van der Waals surface area contributed by atoms with Crippen molar-refractivity contribution in [2.45, 2.75) is 86.4 Å². The number of alkyl halides is 2. The summed E-state index contributed by atoms with van der Waals surface area (Å²) in [5, 5.41) is 18.9. The minimum atomic E-state index is -0.635. The van der Waals surface area contributed by atoms with Gasteiger partial charge in [-0.3, -0.25) is 31.6 Å². The maximum Gasteiger partial charge on any atom is 0.152 e. The first-order valence-corrected chi connectivity index (χ1v) is 12.8. The molecule has 0 aromatic carbocycles. The van der Waals surface area contributed by atoms with Gasteiger partial charge in [0.25, 0.3) is 0 Å². The van der Waals surface area contributed by atoms with E-state index in [2.05, 4.69) is 65.5 Å². The Balaban J connectivity index is 1.32. The van der Waals surface area contributed by atoms with Gasteiger partial charge in [-0.15, -0.1) is 0 Å². The summed E-state index contributed by atoms with van der Waals surface area (Å²) in [6.07, 6.45) is 9.40. The molecule has 4 aliphatic rings. The lowest BCUT2D eigenvalue weighted by Gasteiger charge is -2.45. The Morgan fingerprint density at radius 2 is 1.77 bits per heavy atom. The van der Waals surface area contributed by atoms with Crippen LogP contribution in [0.3, 0.4) is 0 Å². The van der Waals surface area contributed by atoms with Gasteiger partial charge in [-0.25, -0.2) is 4.39 Å². The monoisotopic (exact) mass is 537 g/mol. The standard InChI is InChI=1S/C20H37FIN7O/c21-15-4-6-17(7-5-15)24-18-25-19(27-20(26-18)29-8-10-30-11-9-29)28-23-13-14-2-1-3-16(22)12-14/h13-20,24-28H,1-12H2/b23-13+. The van der Waals surface area contributed by atoms with Gasteiger partial charge in [-0.1, -0.05) is 29.0 Å². The van der Waals surface area contributed by atoms with E-state index in [0.29, 0.717) is 24.8 Å². The van der Waals surface area contributed by atoms with Crippen LogP contribution >= 0.6 is 22.6 Å². The molecule has 0 spiro atoms. The maximum absolute atomic E-state index is 13.5. The van der Waals surface area contributed by atoms with Gasteiger partial charge >= 0.3 is 0 Å². The maximum atomic E-state index is 13.5. The van der Waals surface area contributed by atoms with Gasteiger partial charge in [0, 0.05) is 29.3 Å². The Bertz CT molecular complexity index is 545. The Kier molecular flexibility index (Phi) is 8.97. The Labute approximate surface area is 193 Å². The normalized spacial score (nSPS) is 41.7. The molecule has 2 heterocycles. The number of nitrogens with zero attached hydrogens (tertiary/aromatic N) is 2. The lowest BCUT2D eigenvalue weighted by Crippen LogP contribution is -2.78. The second-order valence-electron chi connectivity index (χ2n) is 8.96. The summed E-state index contributed by atoms with van der Waals surface area (Å²) in [4.78, 5) is 2.36. The van der Waals surface area contributed by atoms with Gasteiger partial charge in [0.05, 0.1) is 13.2 Å². The van der Waals surface area contributed by atoms with E-state index in [1.807, 2.05) is 0 Å². The van der Waals surface area contributed by atoms with E-state index in [9.17, 15) is 4.39 Å². The van der Waals surface area contributed by atoms with Gasteiger partial charge in [-0.05, 0) is 50.9 Å². The second kappa shape index (κ2) is 11.7. The zero-order valence-electron chi connectivity index (χ0n) is 17.7. The summed E-state index contributed by atoms with van der Waals surface area (Å²) >= 11 is 2.56. The fourth-order valence-corrected chi connectivity index (χ4v) is 5.92. The van der Waals surface area contributed by atoms with Crippen molar-refractivity contribution in [3.8, 4) is 0 Å². The molecule has 0 aromatic heterocycles. The smallest absolute Gasteiger partial charge is 0.152 e. The Morgan fingerprint density at radius 3 is 2.53 bits per heavy atom. The average molecular weight is 537 g/mol. The summed E-state index contributed by atoms with van der Waals surface area (Å²) < 4.78 is 19.8. The lowest BCUT2D eigenvalue weighted by molar-refractivity contribution is -0.0297. The van der Waals surface area contributed by atoms with Crippen molar-refractivity contribution in [2.75, 3.05) is 26.3 Å². The van der Waals surface area contributed by atoms with Crippen LogP contribution in [-0.4, -0.2) is 72.4 Å². The summed E-state index contributed by atoms with van der Waals surface area (Å²) in [5.41, 5.74) is 3.27. The number of ether oxygens (including phenoxy) is 1. The first-order chi connectivity index (χ1) is 14.7. The third kappa shape index (κ3) is 6.94. The molecule has 0 bridgehead atoms. The topological polar surface area (TPSA) is 85.0 Å². The van der Waals surface area contributed by atoms with Crippen LogP contribution in [0.25, 0.3) is 0 Å². The van der Waals surface area contributed by atoms with Crippen molar-refractivity contribution < 1.29 is 9.13 Å². The molecule has 172 valence electrons. The molecule has 4 fully saturated rings. The molecule has 10 heteroatoms. The van der Waals surface area contributed by atoms with Crippen molar-refractivity contribution in [3.63, 3.8) is 0 Å². The zero-order chi connectivity index (χ0) is 20.8. The van der Waals surface area contributed by atoms with Gasteiger partial charge in [0.15, 0.2) is 6.29 Å². The predicted molar refractivity (Wildman–Crippen MR) is 125 cm³/mol. The van der Waals surface area contributed by atoms with E-state index in [4.69, 9.17) is 4.74 Å². The van der Waals surface area contributed by atoms with E-state index in [1.54, 1.807) is 0 Å². The van der Waals surface area contributed by atoms with Crippen molar-refractivity contribution in [1.29, 1.82) is 0 Å². The predicted octanol–water partition coefficient (Wildman–Crippen LogP) is 1.39. The van der Waals surface area contributed by atoms with Crippen molar-refractivity contribution in [3.05, 3.63) is 0 Å². The fraction of sp³-hybridized carbons (Fsp3) is 0.950. The fourth-order valence-electron chi connectivity index (χ4n) is 4.82. The van der Waals surface area contributed by atoms with Gasteiger partial charge < -0.3 is 4.74 Å². The molecular weight excluding hydrogens is 500 g/mol. The highest BCUT2D eigenvalue weighted by molar-refractivity contribution is 14.1. The van der Waals surface area contributed by atoms with Gasteiger partial charge in [-0.2, -0.15) is 5.10 Å². The van der Waals surface area contributed by atoms with E-state index in [1.165, 1.54) is 25.7 Å². The molecule has 2 aliphatic carbocycles. The third-order valence-corrected chi connectivity index (χ3v) is 7.72. The molecule has 5 unspecified atom stereocenters. The van der Waals surface area contributed by atoms with Crippen LogP contribution in [-0.2, 0) is 4.74 Å². The molecule has 4 rings (SSSR count). The molecule has 30 heavy (non-hydrogen) atoms. The minimum Gasteiger partial charge on any atom is -0.379 e. The van der Waals surface area contributed by atoms with Gasteiger partial charge in [0.2, 0.25) is 0 Å². The first-order valence-electron chi connectivity index (χ1n) is 11.6. The molecule has 0 aromatic rings. The Morgan fingerprint density at radius 1 is 1.00 bits per heavy atom. The summed E-state index contributed by atoms with van der Waals surface area (Å²) in [7, 11) is 0. The van der Waals surface area contributed by atoms with E-state index in [-0.39, 0.29) is 18.9 Å². The number of halogens is 2. The molecule has 5 atom stereocenters. The number of nitrogens with one attached hydrogen (secondary N) is 5. The van der Waals surface area contributed by atoms with Crippen LogP contribution in [0, 0.1) is 5.92 Å². The zero-order valence-corrected chi connectivity index (χ0v) is 19.8. The van der Waals surface area contributed by atoms with Crippen LogP contribution in [0.15, 0.2) is 5.10 Å². The van der Waals surface area contributed by atoms with Crippen LogP contribution in [0.2, 0.25) is 0 Å². The molecule has 0 amide bonds. The highest BCUT2D eigenvalue weighted by Crippen LogP contribution is 2.28. The van der Waals surface area contributed by atoms with Crippen LogP contribution in [0.4, 0.5) is 4.39 Å². The quantitative estimate of drug-likeness (QED) is 0.152. The third-order valence-electron chi connectivity index (χ3n) is 6.59. The van der Waals surface area contributed by atoms with Crippen molar-refractivity contribution >= 4 is 28.8 Å². The Hall–Kier alpha value is -0.110. The summed E-state index contributed by atoms with van der Waals surface area (Å²) in [6.45, 7) is 3.28. The van der Waals surface area contributed by atoms with Crippen LogP contribution in [0.1, 0.15) is 51.4 Å². The highest BCUT2D eigenvalue weighted by atomic mass is 127. The molecule has 8 nitrogen and oxygen atoms in total. The molecule has 2 aliphatic heterocycles. The summed E-state index contributed by atoms with van der Waals surface area (Å²) in [5.74, 6) is 0.565. The largest absolute Gasteiger partial charge is 0.379 e. The number of hydrogen-bond donors (Lipinski definition) is 5. The number of rotatable bonds is 6. The van der Waals surface area contributed by atoms with E-state index < -0.39 is 6.17 Å². The van der Waals surface area contributed by atoms with E-state index >= 15 is 0 Å². The van der Waals surface area contributed by atoms with Gasteiger partial charge in [0.1, 0.15) is 18.8 Å². The van der Waals surface area contributed by atoms with E-state index in [0.717, 1.165) is 43.1 Å². The average Bonchev–Trinajstić information content (AvgIpc) is 2.76. The second-order valence-corrected chi connectivity index (χ2v) is 10.7. The summed E-state index contributed by atoms with van der Waals surface area (Å²) in [6, 6.07) is 0.331. The number of hydrogen-bond acceptors (Lipinski definition) is 8. The van der Waals surface area contributed by atoms with Crippen molar-refractivity contribution in [1.82, 2.24) is 31.6 Å². The molecule has 0 radical (unpaired) electrons. The van der Waals surface area contributed by atoms with Crippen LogP contribution in [0.5, 0.6) is 0 Å². The SMILES string of the molecule is FC1CCC(NC2NC(N/N=C/C3CCCC(I)C3)NC(N3CCOCC3)N2)CC1. The molecular formula is C20H37FIN7O. The number of hydrazone groups is 1. The minimum absolute atomic E-state index is 0.0197. The van der Waals surface area contributed by atoms with Crippen molar-refractivity contribution in [2.24, 2.45) is 11.0 Å². The number of morpholine rings is 1. The highest BCUT2D eigenvalue weighted by Gasteiger charge is 2.33. The first kappa shape index (κ1) is 23.1. The molecule has 2 saturated heterocycles. The van der Waals surface area contributed by atoms with Crippen LogP contribution < -0.4 is 26.7 Å². The molecule has 5 N–H and O–H groups in total.